The number of nitrogens with one attached hydrogen (secondary N) is 2. The van der Waals surface area contributed by atoms with E-state index in [1.165, 1.54) is 0 Å². The quantitative estimate of drug-likeness (QED) is 0.746. The first-order chi connectivity index (χ1) is 10.9. The molecule has 124 valence electrons. The molecule has 0 saturated carbocycles. The van der Waals surface area contributed by atoms with E-state index in [1.54, 1.807) is 25.6 Å². The van der Waals surface area contributed by atoms with Crippen molar-refractivity contribution in [3.8, 4) is 17.2 Å². The summed E-state index contributed by atoms with van der Waals surface area (Å²) in [6.07, 6.45) is 3.42. The van der Waals surface area contributed by atoms with Crippen LogP contribution in [0.2, 0.25) is 0 Å². The normalized spacial score (nSPS) is 11.7. The standard InChI is InChI=1S/C15H18N4O3.ClH/c1-20-12-7-11(8-13-14(12)22-10-21-13)9-16-5-6-19-15-17-3-2-4-18-15;/h2-4,7-8,16H,5-6,9-10H2,1H3,(H,17,18,19);1H. The van der Waals surface area contributed by atoms with Gasteiger partial charge >= 0.3 is 0 Å². The van der Waals surface area contributed by atoms with Gasteiger partial charge in [-0.15, -0.1) is 12.4 Å². The summed E-state index contributed by atoms with van der Waals surface area (Å²) in [6.45, 7) is 2.48. The Balaban J connectivity index is 0.00000192. The molecule has 0 spiro atoms. The molecule has 1 aliphatic rings. The molecule has 1 aromatic carbocycles. The second-order valence-electron chi connectivity index (χ2n) is 4.71. The van der Waals surface area contributed by atoms with Crippen LogP contribution in [0.25, 0.3) is 0 Å². The second-order valence-corrected chi connectivity index (χ2v) is 4.71. The summed E-state index contributed by atoms with van der Waals surface area (Å²) < 4.78 is 16.1. The van der Waals surface area contributed by atoms with Gasteiger partial charge in [0.05, 0.1) is 7.11 Å². The average Bonchev–Trinajstić information content (AvgIpc) is 3.03. The predicted molar refractivity (Wildman–Crippen MR) is 88.6 cm³/mol. The summed E-state index contributed by atoms with van der Waals surface area (Å²) in [4.78, 5) is 8.20. The SMILES string of the molecule is COc1cc(CNCCNc2ncccn2)cc2c1OCO2.Cl. The number of nitrogens with zero attached hydrogens (tertiary/aromatic N) is 2. The van der Waals surface area contributed by atoms with Gasteiger partial charge in [0.1, 0.15) is 0 Å². The maximum Gasteiger partial charge on any atom is 0.231 e. The zero-order valence-corrected chi connectivity index (χ0v) is 13.6. The number of anilines is 1. The summed E-state index contributed by atoms with van der Waals surface area (Å²) in [5.74, 6) is 2.73. The third-order valence-electron chi connectivity index (χ3n) is 3.20. The fourth-order valence-corrected chi connectivity index (χ4v) is 2.17. The Hall–Kier alpha value is -2.25. The number of fused-ring (bicyclic) bond motifs is 1. The third-order valence-corrected chi connectivity index (χ3v) is 3.20. The Morgan fingerprint density at radius 3 is 2.78 bits per heavy atom. The topological polar surface area (TPSA) is 77.5 Å². The zero-order chi connectivity index (χ0) is 15.2. The van der Waals surface area contributed by atoms with Crippen LogP contribution < -0.4 is 24.8 Å². The van der Waals surface area contributed by atoms with E-state index < -0.39 is 0 Å². The average molecular weight is 339 g/mol. The molecule has 3 rings (SSSR count). The van der Waals surface area contributed by atoms with Gasteiger partial charge in [-0.1, -0.05) is 0 Å². The fraction of sp³-hybridized carbons (Fsp3) is 0.333. The van der Waals surface area contributed by atoms with Crippen molar-refractivity contribution in [3.63, 3.8) is 0 Å². The van der Waals surface area contributed by atoms with Crippen molar-refractivity contribution in [2.75, 3.05) is 32.3 Å². The van der Waals surface area contributed by atoms with Crippen molar-refractivity contribution >= 4 is 18.4 Å². The van der Waals surface area contributed by atoms with Crippen LogP contribution in [0.15, 0.2) is 30.6 Å². The van der Waals surface area contributed by atoms with Gasteiger partial charge < -0.3 is 24.8 Å². The Labute approximate surface area is 140 Å². The molecular formula is C15H19ClN4O3. The lowest BCUT2D eigenvalue weighted by atomic mass is 10.2. The first kappa shape index (κ1) is 17.1. The molecule has 0 aliphatic carbocycles. The molecule has 0 bridgehead atoms. The molecule has 0 saturated heterocycles. The van der Waals surface area contributed by atoms with Gasteiger partial charge in [-0.2, -0.15) is 0 Å². The van der Waals surface area contributed by atoms with E-state index in [2.05, 4.69) is 20.6 Å². The highest BCUT2D eigenvalue weighted by molar-refractivity contribution is 5.85. The minimum absolute atomic E-state index is 0. The minimum Gasteiger partial charge on any atom is -0.493 e. The van der Waals surface area contributed by atoms with Crippen LogP contribution >= 0.6 is 12.4 Å². The highest BCUT2D eigenvalue weighted by Crippen LogP contribution is 2.41. The van der Waals surface area contributed by atoms with E-state index in [-0.39, 0.29) is 19.2 Å². The van der Waals surface area contributed by atoms with Crippen LogP contribution in [0.1, 0.15) is 5.56 Å². The number of rotatable bonds is 7. The summed E-state index contributed by atoms with van der Waals surface area (Å²) in [6, 6.07) is 5.70. The minimum atomic E-state index is 0. The largest absolute Gasteiger partial charge is 0.493 e. The molecule has 2 aromatic rings. The molecule has 0 radical (unpaired) electrons. The summed E-state index contributed by atoms with van der Waals surface area (Å²) in [5.41, 5.74) is 1.08. The smallest absolute Gasteiger partial charge is 0.231 e. The third kappa shape index (κ3) is 4.37. The zero-order valence-electron chi connectivity index (χ0n) is 12.7. The van der Waals surface area contributed by atoms with Crippen molar-refractivity contribution in [2.24, 2.45) is 0 Å². The van der Waals surface area contributed by atoms with Gasteiger partial charge in [0.15, 0.2) is 11.5 Å². The highest BCUT2D eigenvalue weighted by atomic mass is 35.5. The molecule has 1 aliphatic heterocycles. The summed E-state index contributed by atoms with van der Waals surface area (Å²) in [7, 11) is 1.62. The van der Waals surface area contributed by atoms with E-state index in [0.717, 1.165) is 24.4 Å². The van der Waals surface area contributed by atoms with Gasteiger partial charge in [0.2, 0.25) is 18.5 Å². The predicted octanol–water partition coefficient (Wildman–Crippen LogP) is 1.84. The van der Waals surface area contributed by atoms with Crippen LogP contribution in [0, 0.1) is 0 Å². The Bertz CT molecular complexity index is 628. The molecule has 2 heterocycles. The molecule has 0 unspecified atom stereocenters. The molecule has 2 N–H and O–H groups in total. The van der Waals surface area contributed by atoms with E-state index in [0.29, 0.717) is 24.0 Å². The van der Waals surface area contributed by atoms with Crippen molar-refractivity contribution in [1.29, 1.82) is 0 Å². The lowest BCUT2D eigenvalue weighted by Gasteiger charge is -2.09. The van der Waals surface area contributed by atoms with E-state index in [9.17, 15) is 0 Å². The molecule has 0 fully saturated rings. The molecular weight excluding hydrogens is 320 g/mol. The molecule has 23 heavy (non-hydrogen) atoms. The van der Waals surface area contributed by atoms with Gasteiger partial charge in [0, 0.05) is 32.0 Å². The number of benzene rings is 1. The number of aromatic nitrogens is 2. The van der Waals surface area contributed by atoms with Gasteiger partial charge in [0.25, 0.3) is 0 Å². The van der Waals surface area contributed by atoms with E-state index in [4.69, 9.17) is 14.2 Å². The van der Waals surface area contributed by atoms with Crippen molar-refractivity contribution in [2.45, 2.75) is 6.54 Å². The Kier molecular flexibility index (Phi) is 6.25. The lowest BCUT2D eigenvalue weighted by molar-refractivity contribution is 0.171. The van der Waals surface area contributed by atoms with Gasteiger partial charge in [-0.25, -0.2) is 9.97 Å². The van der Waals surface area contributed by atoms with E-state index in [1.807, 2.05) is 12.1 Å². The Morgan fingerprint density at radius 1 is 1.17 bits per heavy atom. The van der Waals surface area contributed by atoms with Gasteiger partial charge in [-0.3, -0.25) is 0 Å². The molecule has 0 atom stereocenters. The summed E-state index contributed by atoms with van der Waals surface area (Å²) in [5, 5.41) is 6.49. The van der Waals surface area contributed by atoms with Crippen LogP contribution in [-0.4, -0.2) is 37.0 Å². The Morgan fingerprint density at radius 2 is 2.00 bits per heavy atom. The second kappa shape index (κ2) is 8.40. The van der Waals surface area contributed by atoms with Crippen LogP contribution in [0.5, 0.6) is 17.2 Å². The maximum atomic E-state index is 5.41. The van der Waals surface area contributed by atoms with Crippen LogP contribution in [-0.2, 0) is 6.54 Å². The van der Waals surface area contributed by atoms with E-state index >= 15 is 0 Å². The van der Waals surface area contributed by atoms with Crippen molar-refractivity contribution in [1.82, 2.24) is 15.3 Å². The van der Waals surface area contributed by atoms with Gasteiger partial charge in [-0.05, 0) is 23.8 Å². The van der Waals surface area contributed by atoms with Crippen molar-refractivity contribution < 1.29 is 14.2 Å². The molecule has 1 aromatic heterocycles. The molecule has 8 heteroatoms. The molecule has 0 amide bonds. The number of methoxy groups -OCH3 is 1. The summed E-state index contributed by atoms with van der Waals surface area (Å²) >= 11 is 0. The highest BCUT2D eigenvalue weighted by Gasteiger charge is 2.19. The monoisotopic (exact) mass is 338 g/mol. The molecule has 7 nitrogen and oxygen atoms in total. The van der Waals surface area contributed by atoms with Crippen molar-refractivity contribution in [3.05, 3.63) is 36.2 Å². The number of hydrogen-bond donors (Lipinski definition) is 2. The number of hydrogen-bond acceptors (Lipinski definition) is 7. The first-order valence-electron chi connectivity index (χ1n) is 7.05. The lowest BCUT2D eigenvalue weighted by Crippen LogP contribution is -2.22. The van der Waals surface area contributed by atoms with Crippen LogP contribution in [0.4, 0.5) is 5.95 Å². The van der Waals surface area contributed by atoms with Crippen LogP contribution in [0.3, 0.4) is 0 Å². The fourth-order valence-electron chi connectivity index (χ4n) is 2.17. The maximum absolute atomic E-state index is 5.41. The number of ether oxygens (including phenoxy) is 3. The first-order valence-corrected chi connectivity index (χ1v) is 7.05. The number of halogens is 1.